The maximum Gasteiger partial charge on any atom is 0.431 e. The Morgan fingerprint density at radius 1 is 1.15 bits per heavy atom. The van der Waals surface area contributed by atoms with Gasteiger partial charge in [-0.2, -0.15) is 13.2 Å². The fourth-order valence-corrected chi connectivity index (χ4v) is 3.83. The second kappa shape index (κ2) is 6.92. The molecule has 2 saturated heterocycles. The number of benzene rings is 1. The van der Waals surface area contributed by atoms with E-state index in [2.05, 4.69) is 15.2 Å². The molecule has 0 radical (unpaired) electrons. The Morgan fingerprint density at radius 2 is 1.93 bits per heavy atom. The van der Waals surface area contributed by atoms with Crippen LogP contribution in [-0.2, 0) is 6.18 Å². The largest absolute Gasteiger partial charge is 0.441 e. The van der Waals surface area contributed by atoms with E-state index in [9.17, 15) is 18.0 Å². The topological polar surface area (TPSA) is 57.4 Å². The van der Waals surface area contributed by atoms with Gasteiger partial charge in [0, 0.05) is 30.8 Å². The summed E-state index contributed by atoms with van der Waals surface area (Å²) in [5.74, 6) is 0.866. The summed E-state index contributed by atoms with van der Waals surface area (Å²) in [6.45, 7) is 3.13. The minimum absolute atomic E-state index is 0.00810. The zero-order valence-electron chi connectivity index (χ0n) is 14.6. The van der Waals surface area contributed by atoms with Gasteiger partial charge in [-0.25, -0.2) is 0 Å². The molecule has 0 spiro atoms. The van der Waals surface area contributed by atoms with Gasteiger partial charge < -0.3 is 19.9 Å². The number of ether oxygens (including phenoxy) is 1. The molecule has 3 atom stereocenters. The number of hydrogen-bond donors (Lipinski definition) is 2. The number of nitrogens with one attached hydrogen (secondary N) is 2. The van der Waals surface area contributed by atoms with Crippen molar-refractivity contribution >= 4 is 5.91 Å². The minimum Gasteiger partial charge on any atom is -0.441 e. The summed E-state index contributed by atoms with van der Waals surface area (Å²) < 4.78 is 43.2. The number of fused-ring (bicyclic) bond motifs is 2. The molecule has 2 bridgehead atoms. The lowest BCUT2D eigenvalue weighted by atomic mass is 9.96. The second-order valence-corrected chi connectivity index (χ2v) is 7.18. The molecule has 2 fully saturated rings. The van der Waals surface area contributed by atoms with Crippen LogP contribution < -0.4 is 10.1 Å². The van der Waals surface area contributed by atoms with Crippen LogP contribution in [0.1, 0.15) is 28.9 Å². The van der Waals surface area contributed by atoms with Crippen LogP contribution in [0.25, 0.3) is 0 Å². The van der Waals surface area contributed by atoms with Crippen molar-refractivity contribution in [3.8, 4) is 11.6 Å². The quantitative estimate of drug-likeness (QED) is 0.853. The molecule has 2 aliphatic heterocycles. The molecule has 2 N–H and O–H groups in total. The predicted molar refractivity (Wildman–Crippen MR) is 92.7 cm³/mol. The Morgan fingerprint density at radius 3 is 2.59 bits per heavy atom. The summed E-state index contributed by atoms with van der Waals surface area (Å²) in [5, 5.41) is 3.07. The number of piperidine rings is 1. The molecular weight excluding hydrogens is 359 g/mol. The van der Waals surface area contributed by atoms with E-state index >= 15 is 0 Å². The van der Waals surface area contributed by atoms with Gasteiger partial charge in [0.25, 0.3) is 5.91 Å². The lowest BCUT2D eigenvalue weighted by molar-refractivity contribution is -0.140. The van der Waals surface area contributed by atoms with Gasteiger partial charge in [-0.05, 0) is 55.6 Å². The molecule has 0 saturated carbocycles. The van der Waals surface area contributed by atoms with E-state index in [1.54, 1.807) is 24.3 Å². The molecule has 27 heavy (non-hydrogen) atoms. The number of alkyl halides is 3. The van der Waals surface area contributed by atoms with Crippen LogP contribution in [0, 0.1) is 5.92 Å². The molecule has 3 heterocycles. The number of amides is 1. The summed E-state index contributed by atoms with van der Waals surface area (Å²) in [6, 6.07) is 8.65. The monoisotopic (exact) mass is 379 g/mol. The van der Waals surface area contributed by atoms with Gasteiger partial charge in [0.05, 0.1) is 0 Å². The van der Waals surface area contributed by atoms with Crippen LogP contribution in [-0.4, -0.2) is 41.5 Å². The van der Waals surface area contributed by atoms with Crippen LogP contribution in [0.2, 0.25) is 0 Å². The van der Waals surface area contributed by atoms with Crippen molar-refractivity contribution in [3.05, 3.63) is 47.7 Å². The maximum atomic E-state index is 12.6. The summed E-state index contributed by atoms with van der Waals surface area (Å²) >= 11 is 0. The van der Waals surface area contributed by atoms with E-state index in [0.717, 1.165) is 32.1 Å². The third kappa shape index (κ3) is 4.10. The van der Waals surface area contributed by atoms with Gasteiger partial charge in [0.1, 0.15) is 11.4 Å². The van der Waals surface area contributed by atoms with Crippen LogP contribution >= 0.6 is 0 Å². The molecule has 5 nitrogen and oxygen atoms in total. The number of aromatic nitrogens is 1. The highest BCUT2D eigenvalue weighted by atomic mass is 19.4. The fourth-order valence-electron chi connectivity index (χ4n) is 3.83. The van der Waals surface area contributed by atoms with Crippen LogP contribution in [0.4, 0.5) is 13.2 Å². The molecule has 3 unspecified atom stereocenters. The van der Waals surface area contributed by atoms with E-state index in [1.165, 1.54) is 12.5 Å². The molecule has 1 amide bonds. The summed E-state index contributed by atoms with van der Waals surface area (Å²) in [5.41, 5.74) is -0.372. The highest BCUT2D eigenvalue weighted by Crippen LogP contribution is 2.31. The van der Waals surface area contributed by atoms with E-state index in [1.807, 2.05) is 0 Å². The summed E-state index contributed by atoms with van der Waals surface area (Å²) in [4.78, 5) is 17.0. The van der Waals surface area contributed by atoms with Crippen LogP contribution in [0.5, 0.6) is 11.6 Å². The number of carbonyl (C=O) groups is 1. The Labute approximate surface area is 154 Å². The zero-order chi connectivity index (χ0) is 19.0. The van der Waals surface area contributed by atoms with Gasteiger partial charge in [-0.3, -0.25) is 4.79 Å². The fraction of sp³-hybridized carbons (Fsp3) is 0.421. The van der Waals surface area contributed by atoms with Crippen LogP contribution in [0.15, 0.2) is 36.4 Å². The Hall–Kier alpha value is -2.48. The summed E-state index contributed by atoms with van der Waals surface area (Å²) in [6.07, 6.45) is -2.23. The Balaban J connectivity index is 1.35. The van der Waals surface area contributed by atoms with E-state index in [-0.39, 0.29) is 17.8 Å². The SMILES string of the molecule is O=C(NC1CC2CCN(C2)C1)c1ccc(Oc2ccc(C(F)(F)F)[nH]2)cc1. The van der Waals surface area contributed by atoms with Crippen molar-refractivity contribution in [2.75, 3.05) is 19.6 Å². The number of H-pyrrole nitrogens is 1. The molecule has 1 aromatic carbocycles. The number of hydrogen-bond acceptors (Lipinski definition) is 3. The van der Waals surface area contributed by atoms with Crippen molar-refractivity contribution < 1.29 is 22.7 Å². The van der Waals surface area contributed by atoms with E-state index in [0.29, 0.717) is 17.2 Å². The highest BCUT2D eigenvalue weighted by Gasteiger charge is 2.33. The smallest absolute Gasteiger partial charge is 0.431 e. The first-order valence-corrected chi connectivity index (χ1v) is 8.94. The minimum atomic E-state index is -4.45. The van der Waals surface area contributed by atoms with E-state index < -0.39 is 11.9 Å². The Kier molecular flexibility index (Phi) is 4.59. The van der Waals surface area contributed by atoms with Crippen molar-refractivity contribution in [1.82, 2.24) is 15.2 Å². The third-order valence-electron chi connectivity index (χ3n) is 5.11. The van der Waals surface area contributed by atoms with Crippen LogP contribution in [0.3, 0.4) is 0 Å². The highest BCUT2D eigenvalue weighted by molar-refractivity contribution is 5.94. The van der Waals surface area contributed by atoms with E-state index in [4.69, 9.17) is 4.74 Å². The third-order valence-corrected chi connectivity index (χ3v) is 5.11. The molecule has 0 aliphatic carbocycles. The first kappa shape index (κ1) is 17.9. The molecule has 2 aliphatic rings. The number of aromatic amines is 1. The van der Waals surface area contributed by atoms with Gasteiger partial charge >= 0.3 is 6.18 Å². The molecule has 1 aromatic heterocycles. The van der Waals surface area contributed by atoms with Crippen molar-refractivity contribution in [1.29, 1.82) is 0 Å². The lowest BCUT2D eigenvalue weighted by Crippen LogP contribution is -2.46. The molecular formula is C19H20F3N3O2. The summed E-state index contributed by atoms with van der Waals surface area (Å²) in [7, 11) is 0. The normalized spacial score (nSPS) is 24.6. The lowest BCUT2D eigenvalue weighted by Gasteiger charge is -2.30. The number of nitrogens with zero attached hydrogens (tertiary/aromatic N) is 1. The standard InChI is InChI=1S/C19H20F3N3O2/c20-19(21,22)16-5-6-17(24-16)27-15-3-1-13(2-4-15)18(26)23-14-9-12-7-8-25(10-12)11-14/h1-6,12,14,24H,7-11H2,(H,23,26). The first-order chi connectivity index (χ1) is 12.9. The van der Waals surface area contributed by atoms with Gasteiger partial charge in [-0.1, -0.05) is 0 Å². The van der Waals surface area contributed by atoms with Crippen molar-refractivity contribution in [2.45, 2.75) is 25.1 Å². The van der Waals surface area contributed by atoms with Crippen molar-refractivity contribution in [2.24, 2.45) is 5.92 Å². The number of halogens is 3. The number of rotatable bonds is 4. The zero-order valence-corrected chi connectivity index (χ0v) is 14.6. The first-order valence-electron chi connectivity index (χ1n) is 8.94. The number of carbonyl (C=O) groups excluding carboxylic acids is 1. The molecule has 2 aromatic rings. The van der Waals surface area contributed by atoms with Gasteiger partial charge in [-0.15, -0.1) is 0 Å². The van der Waals surface area contributed by atoms with Gasteiger partial charge in [0.2, 0.25) is 0 Å². The Bertz CT molecular complexity index is 804. The molecule has 4 rings (SSSR count). The van der Waals surface area contributed by atoms with Crippen molar-refractivity contribution in [3.63, 3.8) is 0 Å². The molecule has 8 heteroatoms. The second-order valence-electron chi connectivity index (χ2n) is 7.18. The average Bonchev–Trinajstić information content (AvgIpc) is 3.22. The maximum absolute atomic E-state index is 12.6. The average molecular weight is 379 g/mol. The predicted octanol–water partition coefficient (Wildman–Crippen LogP) is 3.65. The molecule has 144 valence electrons. The van der Waals surface area contributed by atoms with Gasteiger partial charge in [0.15, 0.2) is 5.88 Å².